The molecule has 1 heterocycles. The number of rotatable bonds is 8. The third-order valence-corrected chi connectivity index (χ3v) is 4.08. The van der Waals surface area contributed by atoms with E-state index in [1.165, 1.54) is 17.3 Å². The number of halogens is 3. The van der Waals surface area contributed by atoms with Crippen LogP contribution in [0.2, 0.25) is 0 Å². The summed E-state index contributed by atoms with van der Waals surface area (Å²) >= 11 is 1.20. The number of ether oxygens (including phenoxy) is 1. The smallest absolute Gasteiger partial charge is 0.422 e. The lowest BCUT2D eigenvalue weighted by Gasteiger charge is -2.08. The number of alkyl carbamates (subject to hydrolysis) is 1. The lowest BCUT2D eigenvalue weighted by molar-refractivity contribution is -0.160. The van der Waals surface area contributed by atoms with E-state index in [2.05, 4.69) is 27.2 Å². The number of nitrogens with one attached hydrogen (secondary N) is 1. The van der Waals surface area contributed by atoms with Crippen molar-refractivity contribution >= 4 is 17.9 Å². The Labute approximate surface area is 152 Å². The van der Waals surface area contributed by atoms with Crippen LogP contribution in [0.25, 0.3) is 0 Å². The summed E-state index contributed by atoms with van der Waals surface area (Å²) < 4.78 is 45.2. The maximum atomic E-state index is 11.9. The molecule has 0 bridgehead atoms. The first kappa shape index (κ1) is 20.1. The highest BCUT2D eigenvalue weighted by molar-refractivity contribution is 7.99. The predicted molar refractivity (Wildman–Crippen MR) is 89.0 cm³/mol. The molecule has 1 unspecified atom stereocenters. The minimum absolute atomic E-state index is 0.111. The van der Waals surface area contributed by atoms with Crippen LogP contribution in [0.15, 0.2) is 40.0 Å². The van der Waals surface area contributed by atoms with Crippen molar-refractivity contribution in [2.24, 2.45) is 0 Å². The van der Waals surface area contributed by atoms with Gasteiger partial charge >= 0.3 is 12.3 Å². The average Bonchev–Trinajstić information content (AvgIpc) is 3.04. The van der Waals surface area contributed by atoms with E-state index in [0.29, 0.717) is 23.3 Å². The Balaban J connectivity index is 1.68. The fourth-order valence-corrected chi connectivity index (χ4v) is 2.66. The van der Waals surface area contributed by atoms with E-state index in [9.17, 15) is 18.0 Å². The molecule has 10 heteroatoms. The van der Waals surface area contributed by atoms with Gasteiger partial charge in [-0.1, -0.05) is 49.0 Å². The zero-order valence-electron chi connectivity index (χ0n) is 14.0. The predicted octanol–water partition coefficient (Wildman–Crippen LogP) is 3.80. The molecule has 0 radical (unpaired) electrons. The van der Waals surface area contributed by atoms with Gasteiger partial charge in [0.05, 0.1) is 0 Å². The van der Waals surface area contributed by atoms with E-state index in [4.69, 9.17) is 4.42 Å². The number of hydrogen-bond acceptors (Lipinski definition) is 6. The second-order valence-electron chi connectivity index (χ2n) is 5.44. The molecule has 142 valence electrons. The molecule has 0 spiro atoms. The highest BCUT2D eigenvalue weighted by Gasteiger charge is 2.29. The minimum atomic E-state index is -4.54. The molecular weight excluding hydrogens is 371 g/mol. The van der Waals surface area contributed by atoms with E-state index in [-0.39, 0.29) is 12.5 Å². The normalized spacial score (nSPS) is 12.6. The molecule has 2 aromatic rings. The molecule has 1 amide bonds. The number of benzene rings is 1. The summed E-state index contributed by atoms with van der Waals surface area (Å²) in [5.41, 5.74) is 1.17. The highest BCUT2D eigenvalue weighted by atomic mass is 32.2. The topological polar surface area (TPSA) is 77.2 Å². The van der Waals surface area contributed by atoms with Crippen LogP contribution in [-0.4, -0.2) is 41.4 Å². The minimum Gasteiger partial charge on any atom is -0.440 e. The van der Waals surface area contributed by atoms with Gasteiger partial charge in [-0.2, -0.15) is 13.2 Å². The SMILES string of the molecule is CC(Cc1nnc(SCCNC(=O)OCC(F)(F)F)o1)c1ccccc1. The molecule has 6 nitrogen and oxygen atoms in total. The first-order valence-corrected chi connectivity index (χ1v) is 8.79. The fraction of sp³-hybridized carbons (Fsp3) is 0.438. The monoisotopic (exact) mass is 389 g/mol. The molecule has 0 saturated heterocycles. The van der Waals surface area contributed by atoms with Gasteiger partial charge in [-0.25, -0.2) is 4.79 Å². The first-order chi connectivity index (χ1) is 12.3. The van der Waals surface area contributed by atoms with Crippen molar-refractivity contribution < 1.29 is 27.1 Å². The molecule has 1 atom stereocenters. The largest absolute Gasteiger partial charge is 0.440 e. The van der Waals surface area contributed by atoms with Gasteiger partial charge in [0.25, 0.3) is 5.22 Å². The van der Waals surface area contributed by atoms with Crippen LogP contribution in [0, 0.1) is 0 Å². The van der Waals surface area contributed by atoms with Crippen LogP contribution in [0.4, 0.5) is 18.0 Å². The zero-order valence-corrected chi connectivity index (χ0v) is 14.8. The molecule has 0 aliphatic rings. The number of nitrogens with zero attached hydrogens (tertiary/aromatic N) is 2. The summed E-state index contributed by atoms with van der Waals surface area (Å²) in [7, 11) is 0. The van der Waals surface area contributed by atoms with Crippen molar-refractivity contribution in [3.8, 4) is 0 Å². The van der Waals surface area contributed by atoms with E-state index in [1.807, 2.05) is 30.3 Å². The third kappa shape index (κ3) is 7.34. The van der Waals surface area contributed by atoms with Gasteiger partial charge in [0.2, 0.25) is 5.89 Å². The number of amides is 1. The number of hydrogen-bond donors (Lipinski definition) is 1. The standard InChI is InChI=1S/C16H18F3N3O3S/c1-11(12-5-3-2-4-6-12)9-13-21-22-15(25-13)26-8-7-20-14(23)24-10-16(17,18)19/h2-6,11H,7-10H2,1H3,(H,20,23). The van der Waals surface area contributed by atoms with Gasteiger partial charge in [-0.15, -0.1) is 10.2 Å². The number of aromatic nitrogens is 2. The molecule has 2 rings (SSSR count). The van der Waals surface area contributed by atoms with Gasteiger partial charge in [-0.3, -0.25) is 0 Å². The molecule has 26 heavy (non-hydrogen) atoms. The average molecular weight is 389 g/mol. The van der Waals surface area contributed by atoms with Crippen molar-refractivity contribution in [2.75, 3.05) is 18.9 Å². The molecular formula is C16H18F3N3O3S. The van der Waals surface area contributed by atoms with Gasteiger partial charge in [-0.05, 0) is 11.5 Å². The van der Waals surface area contributed by atoms with Crippen molar-refractivity contribution in [3.63, 3.8) is 0 Å². The molecule has 0 aliphatic carbocycles. The molecule has 0 aliphatic heterocycles. The van der Waals surface area contributed by atoms with Crippen LogP contribution in [0.5, 0.6) is 0 Å². The molecule has 1 N–H and O–H groups in total. The molecule has 1 aromatic heterocycles. The van der Waals surface area contributed by atoms with Crippen LogP contribution < -0.4 is 5.32 Å². The lowest BCUT2D eigenvalue weighted by Crippen LogP contribution is -2.30. The molecule has 1 aromatic carbocycles. The molecule has 0 saturated carbocycles. The molecule has 0 fully saturated rings. The Morgan fingerprint density at radius 1 is 1.31 bits per heavy atom. The summed E-state index contributed by atoms with van der Waals surface area (Å²) in [5, 5.41) is 10.4. The zero-order chi connectivity index (χ0) is 19.0. The van der Waals surface area contributed by atoms with E-state index in [1.54, 1.807) is 0 Å². The third-order valence-electron chi connectivity index (χ3n) is 3.26. The van der Waals surface area contributed by atoms with E-state index in [0.717, 1.165) is 0 Å². The van der Waals surface area contributed by atoms with Crippen LogP contribution >= 0.6 is 11.8 Å². The second-order valence-corrected chi connectivity index (χ2v) is 6.49. The summed E-state index contributed by atoms with van der Waals surface area (Å²) in [5.74, 6) is 1.08. The fourth-order valence-electron chi connectivity index (χ4n) is 2.03. The Kier molecular flexibility index (Phi) is 7.31. The van der Waals surface area contributed by atoms with Crippen LogP contribution in [0.1, 0.15) is 24.3 Å². The Morgan fingerprint density at radius 3 is 2.73 bits per heavy atom. The van der Waals surface area contributed by atoms with Crippen LogP contribution in [-0.2, 0) is 11.2 Å². The summed E-state index contributed by atoms with van der Waals surface area (Å²) in [6.07, 6.45) is -5.06. The van der Waals surface area contributed by atoms with Crippen LogP contribution in [0.3, 0.4) is 0 Å². The number of carbonyl (C=O) groups is 1. The quantitative estimate of drug-likeness (QED) is 0.547. The second kappa shape index (κ2) is 9.46. The number of carbonyl (C=O) groups excluding carboxylic acids is 1. The maximum absolute atomic E-state index is 11.9. The van der Waals surface area contributed by atoms with Gasteiger partial charge in [0.15, 0.2) is 6.61 Å². The number of alkyl halides is 3. The summed E-state index contributed by atoms with van der Waals surface area (Å²) in [6, 6.07) is 9.94. The summed E-state index contributed by atoms with van der Waals surface area (Å²) in [4.78, 5) is 11.1. The van der Waals surface area contributed by atoms with Crippen molar-refractivity contribution in [2.45, 2.75) is 30.7 Å². The highest BCUT2D eigenvalue weighted by Crippen LogP contribution is 2.22. The van der Waals surface area contributed by atoms with Crippen molar-refractivity contribution in [1.82, 2.24) is 15.5 Å². The van der Waals surface area contributed by atoms with Crippen molar-refractivity contribution in [3.05, 3.63) is 41.8 Å². The van der Waals surface area contributed by atoms with Crippen molar-refractivity contribution in [1.29, 1.82) is 0 Å². The first-order valence-electron chi connectivity index (χ1n) is 7.81. The Bertz CT molecular complexity index is 695. The van der Waals surface area contributed by atoms with Gasteiger partial charge in [0, 0.05) is 18.7 Å². The van der Waals surface area contributed by atoms with E-state index >= 15 is 0 Å². The Morgan fingerprint density at radius 2 is 2.04 bits per heavy atom. The van der Waals surface area contributed by atoms with Gasteiger partial charge in [0.1, 0.15) is 0 Å². The summed E-state index contributed by atoms with van der Waals surface area (Å²) in [6.45, 7) is 0.556. The number of thioether (sulfide) groups is 1. The van der Waals surface area contributed by atoms with E-state index < -0.39 is 18.9 Å². The lowest BCUT2D eigenvalue weighted by atomic mass is 9.98. The van der Waals surface area contributed by atoms with Gasteiger partial charge < -0.3 is 14.5 Å². The Hall–Kier alpha value is -2.23. The maximum Gasteiger partial charge on any atom is 0.422 e.